The van der Waals surface area contributed by atoms with E-state index in [4.69, 9.17) is 4.74 Å². The maximum absolute atomic E-state index is 10.7. The van der Waals surface area contributed by atoms with Gasteiger partial charge in [-0.25, -0.2) is 0 Å². The molecule has 1 aliphatic carbocycles. The minimum Gasteiger partial charge on any atom is -0.486 e. The number of hydrogen-bond donors (Lipinski definition) is 0. The number of ketones is 1. The van der Waals surface area contributed by atoms with Crippen molar-refractivity contribution in [3.8, 4) is 0 Å². The summed E-state index contributed by atoms with van der Waals surface area (Å²) >= 11 is 0. The lowest BCUT2D eigenvalue weighted by molar-refractivity contribution is -0.120. The minimum atomic E-state index is 0.0682. The van der Waals surface area contributed by atoms with Crippen LogP contribution in [0, 0.1) is 0 Å². The molecule has 0 spiro atoms. The van der Waals surface area contributed by atoms with Crippen LogP contribution in [0.15, 0.2) is 23.0 Å². The molecule has 0 saturated carbocycles. The van der Waals surface area contributed by atoms with Gasteiger partial charge < -0.3 is 4.74 Å². The van der Waals surface area contributed by atoms with Gasteiger partial charge in [0.05, 0.1) is 0 Å². The molecule has 72 valence electrons. The number of ether oxygens (including phenoxy) is 1. The van der Waals surface area contributed by atoms with Crippen LogP contribution >= 0.6 is 0 Å². The first kappa shape index (κ1) is 10.0. The van der Waals surface area contributed by atoms with Crippen LogP contribution in [0.3, 0.4) is 0 Å². The molecule has 0 N–H and O–H groups in total. The van der Waals surface area contributed by atoms with E-state index in [2.05, 4.69) is 13.0 Å². The van der Waals surface area contributed by atoms with Crippen molar-refractivity contribution in [3.63, 3.8) is 0 Å². The SMILES string of the molecule is CC(=O)COC1=C(C)CCC=C1C. The number of rotatable bonds is 3. The zero-order valence-corrected chi connectivity index (χ0v) is 8.52. The molecule has 13 heavy (non-hydrogen) atoms. The van der Waals surface area contributed by atoms with Gasteiger partial charge in [-0.1, -0.05) is 6.08 Å². The Morgan fingerprint density at radius 1 is 1.54 bits per heavy atom. The maximum Gasteiger partial charge on any atom is 0.167 e. The number of Topliss-reactive ketones (excluding diaryl/α,β-unsaturated/α-hetero) is 1. The standard InChI is InChI=1S/C11H16O2/c1-8-5-4-6-9(2)11(8)13-7-10(3)12/h5H,4,6-7H2,1-3H3. The Hall–Kier alpha value is -1.05. The predicted octanol–water partition coefficient (Wildman–Crippen LogP) is 2.61. The van der Waals surface area contributed by atoms with Crippen LogP contribution in [0.4, 0.5) is 0 Å². The molecular weight excluding hydrogens is 164 g/mol. The lowest BCUT2D eigenvalue weighted by Gasteiger charge is -2.17. The second-order valence-electron chi connectivity index (χ2n) is 3.53. The van der Waals surface area contributed by atoms with E-state index in [-0.39, 0.29) is 12.4 Å². The van der Waals surface area contributed by atoms with Crippen molar-refractivity contribution in [1.82, 2.24) is 0 Å². The van der Waals surface area contributed by atoms with Gasteiger partial charge in [-0.15, -0.1) is 0 Å². The number of hydrogen-bond acceptors (Lipinski definition) is 2. The van der Waals surface area contributed by atoms with Crippen LogP contribution in [-0.2, 0) is 9.53 Å². The molecule has 0 aliphatic heterocycles. The van der Waals surface area contributed by atoms with Gasteiger partial charge in [0.2, 0.25) is 0 Å². The van der Waals surface area contributed by atoms with Crippen molar-refractivity contribution in [2.45, 2.75) is 33.6 Å². The molecule has 0 radical (unpaired) electrons. The Labute approximate surface area is 79.3 Å². The van der Waals surface area contributed by atoms with Crippen molar-refractivity contribution >= 4 is 5.78 Å². The highest BCUT2D eigenvalue weighted by molar-refractivity contribution is 5.76. The smallest absolute Gasteiger partial charge is 0.167 e. The summed E-state index contributed by atoms with van der Waals surface area (Å²) in [5.41, 5.74) is 2.41. The zero-order chi connectivity index (χ0) is 9.84. The summed E-state index contributed by atoms with van der Waals surface area (Å²) in [6.07, 6.45) is 4.29. The molecular formula is C11H16O2. The lowest BCUT2D eigenvalue weighted by atomic mass is 10.00. The van der Waals surface area contributed by atoms with E-state index in [1.54, 1.807) is 0 Å². The largest absolute Gasteiger partial charge is 0.486 e. The van der Waals surface area contributed by atoms with Crippen molar-refractivity contribution in [1.29, 1.82) is 0 Å². The summed E-state index contributed by atoms with van der Waals surface area (Å²) in [6, 6.07) is 0. The highest BCUT2D eigenvalue weighted by atomic mass is 16.5. The molecule has 0 heterocycles. The van der Waals surface area contributed by atoms with Gasteiger partial charge in [0, 0.05) is 0 Å². The summed E-state index contributed by atoms with van der Waals surface area (Å²) in [6.45, 7) is 5.82. The molecule has 0 saturated heterocycles. The Morgan fingerprint density at radius 2 is 2.23 bits per heavy atom. The van der Waals surface area contributed by atoms with Crippen LogP contribution in [0.5, 0.6) is 0 Å². The molecule has 0 unspecified atom stereocenters. The molecule has 0 atom stereocenters. The second kappa shape index (κ2) is 4.26. The average Bonchev–Trinajstić information content (AvgIpc) is 2.03. The molecule has 0 fully saturated rings. The van der Waals surface area contributed by atoms with Gasteiger partial charge in [0.15, 0.2) is 5.78 Å². The molecule has 0 bridgehead atoms. The number of carbonyl (C=O) groups is 1. The molecule has 2 heteroatoms. The topological polar surface area (TPSA) is 26.3 Å². The van der Waals surface area contributed by atoms with Crippen molar-refractivity contribution in [3.05, 3.63) is 23.0 Å². The second-order valence-corrected chi connectivity index (χ2v) is 3.53. The molecule has 1 rings (SSSR count). The minimum absolute atomic E-state index is 0.0682. The highest BCUT2D eigenvalue weighted by Crippen LogP contribution is 2.25. The van der Waals surface area contributed by atoms with Crippen LogP contribution in [-0.4, -0.2) is 12.4 Å². The van der Waals surface area contributed by atoms with E-state index >= 15 is 0 Å². The first-order valence-electron chi connectivity index (χ1n) is 4.60. The van der Waals surface area contributed by atoms with E-state index in [0.717, 1.165) is 24.2 Å². The fourth-order valence-corrected chi connectivity index (χ4v) is 1.46. The molecule has 2 nitrogen and oxygen atoms in total. The molecule has 0 aromatic carbocycles. The number of allylic oxidation sites excluding steroid dienone is 3. The third kappa shape index (κ3) is 2.72. The third-order valence-electron chi connectivity index (χ3n) is 2.14. The molecule has 0 aromatic rings. The van der Waals surface area contributed by atoms with E-state index in [1.807, 2.05) is 6.92 Å². The van der Waals surface area contributed by atoms with Crippen LogP contribution in [0.2, 0.25) is 0 Å². The monoisotopic (exact) mass is 180 g/mol. The summed E-state index contributed by atoms with van der Waals surface area (Å²) in [7, 11) is 0. The Balaban J connectivity index is 2.65. The predicted molar refractivity (Wildman–Crippen MR) is 52.3 cm³/mol. The van der Waals surface area contributed by atoms with Gasteiger partial charge in [-0.2, -0.15) is 0 Å². The van der Waals surface area contributed by atoms with E-state index in [1.165, 1.54) is 12.5 Å². The van der Waals surface area contributed by atoms with Crippen molar-refractivity contribution in [2.75, 3.05) is 6.61 Å². The maximum atomic E-state index is 10.7. The first-order chi connectivity index (χ1) is 6.11. The Kier molecular flexibility index (Phi) is 3.29. The van der Waals surface area contributed by atoms with Crippen LogP contribution in [0.25, 0.3) is 0 Å². The zero-order valence-electron chi connectivity index (χ0n) is 8.52. The van der Waals surface area contributed by atoms with Gasteiger partial charge in [-0.05, 0) is 44.8 Å². The van der Waals surface area contributed by atoms with Crippen molar-refractivity contribution in [2.24, 2.45) is 0 Å². The molecule has 1 aliphatic rings. The Bertz CT molecular complexity index is 272. The van der Waals surface area contributed by atoms with Gasteiger partial charge in [-0.3, -0.25) is 4.79 Å². The fraction of sp³-hybridized carbons (Fsp3) is 0.545. The normalized spacial score (nSPS) is 17.0. The van der Waals surface area contributed by atoms with E-state index < -0.39 is 0 Å². The average molecular weight is 180 g/mol. The van der Waals surface area contributed by atoms with E-state index in [9.17, 15) is 4.79 Å². The summed E-state index contributed by atoms with van der Waals surface area (Å²) in [5.74, 6) is 0.986. The van der Waals surface area contributed by atoms with Crippen LogP contribution in [0.1, 0.15) is 33.6 Å². The van der Waals surface area contributed by atoms with Crippen molar-refractivity contribution < 1.29 is 9.53 Å². The highest BCUT2D eigenvalue weighted by Gasteiger charge is 2.11. The van der Waals surface area contributed by atoms with Gasteiger partial charge in [0.25, 0.3) is 0 Å². The molecule has 0 amide bonds. The lowest BCUT2D eigenvalue weighted by Crippen LogP contribution is -2.08. The van der Waals surface area contributed by atoms with Gasteiger partial charge >= 0.3 is 0 Å². The summed E-state index contributed by atoms with van der Waals surface area (Å²) in [5, 5.41) is 0. The quantitative estimate of drug-likeness (QED) is 0.667. The Morgan fingerprint density at radius 3 is 2.77 bits per heavy atom. The third-order valence-corrected chi connectivity index (χ3v) is 2.14. The molecule has 0 aromatic heterocycles. The summed E-state index contributed by atoms with van der Waals surface area (Å²) < 4.78 is 5.43. The number of carbonyl (C=O) groups excluding carboxylic acids is 1. The first-order valence-corrected chi connectivity index (χ1v) is 4.60. The van der Waals surface area contributed by atoms with Crippen LogP contribution < -0.4 is 0 Å². The fourth-order valence-electron chi connectivity index (χ4n) is 1.46. The van der Waals surface area contributed by atoms with E-state index in [0.29, 0.717) is 0 Å². The van der Waals surface area contributed by atoms with Gasteiger partial charge in [0.1, 0.15) is 12.4 Å². The summed E-state index contributed by atoms with van der Waals surface area (Å²) in [4.78, 5) is 10.7.